The van der Waals surface area contributed by atoms with E-state index in [1.165, 1.54) is 10.7 Å². The van der Waals surface area contributed by atoms with E-state index in [1.54, 1.807) is 19.2 Å². The molecule has 2 saturated carbocycles. The Balaban J connectivity index is 1.36. The Bertz CT molecular complexity index is 1430. The monoisotopic (exact) mass is 599 g/mol. The Kier molecular flexibility index (Phi) is 8.18. The summed E-state index contributed by atoms with van der Waals surface area (Å²) in [5.41, 5.74) is 1.63. The van der Waals surface area contributed by atoms with E-state index in [9.17, 15) is 31.5 Å². The molecule has 3 atom stereocenters. The number of hydrogen-bond acceptors (Lipinski definition) is 8. The van der Waals surface area contributed by atoms with Gasteiger partial charge in [-0.3, -0.25) is 9.59 Å². The Morgan fingerprint density at radius 2 is 1.81 bits per heavy atom. The first-order valence-corrected chi connectivity index (χ1v) is 13.6. The molecule has 3 aromatic heterocycles. The maximum Gasteiger partial charge on any atom is 0.414 e. The van der Waals surface area contributed by atoms with Crippen molar-refractivity contribution in [2.75, 3.05) is 6.61 Å². The number of imidazole rings is 1. The topological polar surface area (TPSA) is 137 Å². The number of hydrogen-bond donors (Lipinski definition) is 2. The minimum Gasteiger partial charge on any atom is -0.359 e. The van der Waals surface area contributed by atoms with Gasteiger partial charge in [0.25, 0.3) is 5.91 Å². The van der Waals surface area contributed by atoms with Crippen LogP contribution in [0, 0.1) is 18.8 Å². The van der Waals surface area contributed by atoms with Gasteiger partial charge in [-0.05, 0) is 68.2 Å². The number of ether oxygens (including phenoxy) is 1. The fourth-order valence-electron chi connectivity index (χ4n) is 5.12. The molecule has 0 saturated heterocycles. The van der Waals surface area contributed by atoms with Gasteiger partial charge < -0.3 is 15.4 Å². The number of nitrogens with zero attached hydrogens (tertiary/aromatic N) is 5. The number of aromatic nitrogens is 5. The molecular formula is C26H30F5N7O4. The van der Waals surface area contributed by atoms with E-state index in [0.29, 0.717) is 16.9 Å². The summed E-state index contributed by atoms with van der Waals surface area (Å²) in [6.45, 7) is 1.63. The maximum absolute atomic E-state index is 13.9. The zero-order valence-electron chi connectivity index (χ0n) is 22.8. The highest BCUT2D eigenvalue weighted by Gasteiger charge is 2.40. The molecule has 2 amide bonds. The summed E-state index contributed by atoms with van der Waals surface area (Å²) in [7, 11) is 0. The summed E-state index contributed by atoms with van der Waals surface area (Å²) in [4.78, 5) is 30.1. The quantitative estimate of drug-likeness (QED) is 0.330. The van der Waals surface area contributed by atoms with Crippen molar-refractivity contribution in [3.63, 3.8) is 0 Å². The highest BCUT2D eigenvalue weighted by molar-refractivity contribution is 5.93. The van der Waals surface area contributed by atoms with Crippen LogP contribution in [0.15, 0.2) is 23.1 Å². The van der Waals surface area contributed by atoms with Crippen molar-refractivity contribution in [3.05, 3.63) is 41.1 Å². The van der Waals surface area contributed by atoms with E-state index in [4.69, 9.17) is 0 Å². The zero-order valence-corrected chi connectivity index (χ0v) is 22.8. The number of alkyl halides is 5. The molecule has 11 nitrogen and oxygen atoms in total. The van der Waals surface area contributed by atoms with E-state index in [2.05, 4.69) is 40.4 Å². The highest BCUT2D eigenvalue weighted by atomic mass is 19.4. The van der Waals surface area contributed by atoms with Crippen LogP contribution in [0.25, 0.3) is 5.65 Å². The van der Waals surface area contributed by atoms with E-state index < -0.39 is 48.7 Å². The molecule has 3 heterocycles. The molecule has 0 spiro atoms. The lowest BCUT2D eigenvalue weighted by atomic mass is 9.81. The van der Waals surface area contributed by atoms with Crippen molar-refractivity contribution in [2.45, 2.75) is 82.7 Å². The largest absolute Gasteiger partial charge is 0.414 e. The third-order valence-electron chi connectivity index (χ3n) is 7.76. The number of rotatable bonds is 10. The third-order valence-corrected chi connectivity index (χ3v) is 7.76. The average molecular weight is 600 g/mol. The van der Waals surface area contributed by atoms with Gasteiger partial charge in [0, 0.05) is 12.8 Å². The Labute approximate surface area is 236 Å². The SMILES string of the molecule is Cc1nonc1C(=O)N[C@H](c1cn2ncc([C@H](NC(=O)CO[C@@H](C)C(F)(F)F)C3CC3)cc2n1)C1CCC(F)(F)CC1. The second kappa shape index (κ2) is 11.5. The van der Waals surface area contributed by atoms with E-state index in [0.717, 1.165) is 19.8 Å². The molecule has 5 rings (SSSR count). The van der Waals surface area contributed by atoms with Crippen LogP contribution in [0.3, 0.4) is 0 Å². The van der Waals surface area contributed by atoms with Gasteiger partial charge in [-0.2, -0.15) is 18.3 Å². The van der Waals surface area contributed by atoms with Crippen LogP contribution in [-0.4, -0.2) is 61.5 Å². The average Bonchev–Trinajstić information content (AvgIpc) is 3.53. The summed E-state index contributed by atoms with van der Waals surface area (Å²) < 4.78 is 76.9. The number of aryl methyl sites for hydroxylation is 1. The molecule has 16 heteroatoms. The van der Waals surface area contributed by atoms with Gasteiger partial charge in [-0.1, -0.05) is 5.16 Å². The van der Waals surface area contributed by atoms with Crippen LogP contribution in [0.1, 0.15) is 85.0 Å². The van der Waals surface area contributed by atoms with Gasteiger partial charge in [0.1, 0.15) is 12.3 Å². The molecule has 0 bridgehead atoms. The minimum absolute atomic E-state index is 0.0260. The lowest BCUT2D eigenvalue weighted by Gasteiger charge is -2.33. The number of amides is 2. The van der Waals surface area contributed by atoms with Crippen molar-refractivity contribution in [1.29, 1.82) is 0 Å². The van der Waals surface area contributed by atoms with E-state index in [1.807, 2.05) is 0 Å². The first-order valence-electron chi connectivity index (χ1n) is 13.6. The predicted octanol–water partition coefficient (Wildman–Crippen LogP) is 4.25. The highest BCUT2D eigenvalue weighted by Crippen LogP contribution is 2.42. The molecular weight excluding hydrogens is 569 g/mol. The second-order valence-electron chi connectivity index (χ2n) is 11.0. The Morgan fingerprint density at radius 1 is 1.12 bits per heavy atom. The third kappa shape index (κ3) is 6.85. The van der Waals surface area contributed by atoms with E-state index >= 15 is 0 Å². The van der Waals surface area contributed by atoms with Crippen molar-refractivity contribution in [2.24, 2.45) is 11.8 Å². The fraction of sp³-hybridized carbons (Fsp3) is 0.615. The zero-order chi connectivity index (χ0) is 30.2. The molecule has 42 heavy (non-hydrogen) atoms. The van der Waals surface area contributed by atoms with Crippen LogP contribution >= 0.6 is 0 Å². The van der Waals surface area contributed by atoms with Crippen LogP contribution in [0.5, 0.6) is 0 Å². The van der Waals surface area contributed by atoms with Crippen LogP contribution in [-0.2, 0) is 9.53 Å². The van der Waals surface area contributed by atoms with Gasteiger partial charge in [0.2, 0.25) is 11.8 Å². The number of halogens is 5. The molecule has 2 aliphatic rings. The number of nitrogens with one attached hydrogen (secondary N) is 2. The van der Waals surface area contributed by atoms with Gasteiger partial charge in [0.15, 0.2) is 17.4 Å². The van der Waals surface area contributed by atoms with Crippen LogP contribution < -0.4 is 10.6 Å². The fourth-order valence-corrected chi connectivity index (χ4v) is 5.12. The maximum atomic E-state index is 13.9. The molecule has 3 aromatic rings. The lowest BCUT2D eigenvalue weighted by molar-refractivity contribution is -0.213. The normalized spacial score (nSPS) is 19.8. The molecule has 0 radical (unpaired) electrons. The predicted molar refractivity (Wildman–Crippen MR) is 134 cm³/mol. The summed E-state index contributed by atoms with van der Waals surface area (Å²) >= 11 is 0. The Hall–Kier alpha value is -3.69. The molecule has 2 aliphatic carbocycles. The minimum atomic E-state index is -4.58. The Morgan fingerprint density at radius 3 is 2.43 bits per heavy atom. The lowest BCUT2D eigenvalue weighted by Crippen LogP contribution is -2.37. The number of carbonyl (C=O) groups is 2. The summed E-state index contributed by atoms with van der Waals surface area (Å²) in [6, 6.07) is 0.443. The van der Waals surface area contributed by atoms with Crippen molar-refractivity contribution in [3.8, 4) is 0 Å². The standard InChI is InChI=1S/C26H30F5N7O4/c1-13-21(37-42-36-13)24(40)35-23(16-5-7-25(27,28)8-6-16)18-11-38-19(33-18)9-17(10-32-38)22(15-3-4-15)34-20(39)12-41-14(2)26(29,30)31/h9-11,14-16,22-23H,3-8,12H2,1-2H3,(H,34,39)(H,35,40)/t14-,22+,23-/m0/s1. The first-order chi connectivity index (χ1) is 19.8. The molecule has 0 unspecified atom stereocenters. The number of fused-ring (bicyclic) bond motifs is 1. The molecule has 2 fully saturated rings. The summed E-state index contributed by atoms with van der Waals surface area (Å²) in [5.74, 6) is -4.31. The van der Waals surface area contributed by atoms with Crippen molar-refractivity contribution in [1.82, 2.24) is 35.5 Å². The van der Waals surface area contributed by atoms with Crippen LogP contribution in [0.4, 0.5) is 22.0 Å². The van der Waals surface area contributed by atoms with E-state index in [-0.39, 0.29) is 48.9 Å². The van der Waals surface area contributed by atoms with Gasteiger partial charge >= 0.3 is 6.18 Å². The molecule has 228 valence electrons. The molecule has 0 aromatic carbocycles. The summed E-state index contributed by atoms with van der Waals surface area (Å²) in [6.07, 6.45) is -2.24. The summed E-state index contributed by atoms with van der Waals surface area (Å²) in [5, 5.41) is 17.2. The molecule has 0 aliphatic heterocycles. The van der Waals surface area contributed by atoms with Gasteiger partial charge in [-0.25, -0.2) is 22.9 Å². The van der Waals surface area contributed by atoms with Crippen molar-refractivity contribution >= 4 is 17.5 Å². The molecule has 2 N–H and O–H groups in total. The second-order valence-corrected chi connectivity index (χ2v) is 11.0. The van der Waals surface area contributed by atoms with Crippen LogP contribution in [0.2, 0.25) is 0 Å². The van der Waals surface area contributed by atoms with Gasteiger partial charge in [-0.15, -0.1) is 0 Å². The van der Waals surface area contributed by atoms with Gasteiger partial charge in [0.05, 0.1) is 30.2 Å². The first kappa shape index (κ1) is 29.8. The number of carbonyl (C=O) groups excluding carboxylic acids is 2. The van der Waals surface area contributed by atoms with Crippen molar-refractivity contribution < 1.29 is 40.9 Å². The smallest absolute Gasteiger partial charge is 0.359 e.